The number of likely N-dealkylation sites (N-methyl/N-ethyl adjacent to an activating group) is 1. The predicted molar refractivity (Wildman–Crippen MR) is 60.1 cm³/mol. The van der Waals surface area contributed by atoms with Crippen LogP contribution in [0.15, 0.2) is 18.2 Å². The van der Waals surface area contributed by atoms with Crippen molar-refractivity contribution in [2.24, 2.45) is 5.73 Å². The lowest BCUT2D eigenvalue weighted by Crippen LogP contribution is -2.43. The van der Waals surface area contributed by atoms with E-state index in [0.29, 0.717) is 17.2 Å². The lowest BCUT2D eigenvalue weighted by atomic mass is 10.3. The maximum Gasteiger partial charge on any atom is 0.238 e. The molecule has 2 rings (SSSR count). The van der Waals surface area contributed by atoms with Crippen LogP contribution in [0.2, 0.25) is 0 Å². The van der Waals surface area contributed by atoms with E-state index in [4.69, 9.17) is 19.9 Å². The molecule has 1 aliphatic heterocycles. The first-order chi connectivity index (χ1) is 8.20. The van der Waals surface area contributed by atoms with Gasteiger partial charge in [-0.05, 0) is 19.2 Å². The second-order valence-electron chi connectivity index (χ2n) is 3.57. The number of benzene rings is 1. The second-order valence-corrected chi connectivity index (χ2v) is 3.57. The van der Waals surface area contributed by atoms with E-state index in [9.17, 15) is 4.79 Å². The first-order valence-electron chi connectivity index (χ1n) is 5.19. The molecule has 1 unspecified atom stereocenters. The van der Waals surface area contributed by atoms with Crippen molar-refractivity contribution >= 4 is 5.91 Å². The van der Waals surface area contributed by atoms with Gasteiger partial charge in [0.15, 0.2) is 11.5 Å². The molecule has 0 aromatic heterocycles. The van der Waals surface area contributed by atoms with Gasteiger partial charge in [0.25, 0.3) is 0 Å². The number of hydrogen-bond donors (Lipinski definition) is 2. The van der Waals surface area contributed by atoms with Gasteiger partial charge >= 0.3 is 0 Å². The Bertz CT molecular complexity index is 422. The van der Waals surface area contributed by atoms with Crippen molar-refractivity contribution in [3.63, 3.8) is 0 Å². The number of nitrogens with one attached hydrogen (secondary N) is 1. The Labute approximate surface area is 98.6 Å². The highest BCUT2D eigenvalue weighted by molar-refractivity contribution is 5.79. The fraction of sp³-hybridized carbons (Fsp3) is 0.364. The standard InChI is InChI=1S/C11H14N2O4/c1-13-8(11(12)14)5-15-7-2-3-9-10(4-7)17-6-16-9/h2-4,8,13H,5-6H2,1H3,(H2,12,14). The van der Waals surface area contributed by atoms with Gasteiger partial charge in [0, 0.05) is 6.07 Å². The molecule has 0 saturated carbocycles. The Hall–Kier alpha value is -1.95. The topological polar surface area (TPSA) is 82.8 Å². The van der Waals surface area contributed by atoms with Crippen LogP contribution in [-0.2, 0) is 4.79 Å². The average Bonchev–Trinajstić information content (AvgIpc) is 2.76. The summed E-state index contributed by atoms with van der Waals surface area (Å²) in [5, 5.41) is 2.77. The molecule has 1 aliphatic rings. The van der Waals surface area contributed by atoms with Crippen molar-refractivity contribution in [3.8, 4) is 17.2 Å². The Balaban J connectivity index is 1.97. The molecule has 1 heterocycles. The summed E-state index contributed by atoms with van der Waals surface area (Å²) in [5.74, 6) is 1.49. The van der Waals surface area contributed by atoms with E-state index in [1.54, 1.807) is 25.2 Å². The molecule has 0 fully saturated rings. The van der Waals surface area contributed by atoms with E-state index in [1.165, 1.54) is 0 Å². The fourth-order valence-electron chi connectivity index (χ4n) is 1.45. The zero-order valence-corrected chi connectivity index (χ0v) is 9.43. The molecule has 1 aromatic rings. The van der Waals surface area contributed by atoms with E-state index >= 15 is 0 Å². The highest BCUT2D eigenvalue weighted by Crippen LogP contribution is 2.35. The van der Waals surface area contributed by atoms with E-state index < -0.39 is 11.9 Å². The molecule has 0 spiro atoms. The Morgan fingerprint density at radius 1 is 1.53 bits per heavy atom. The van der Waals surface area contributed by atoms with Crippen molar-refractivity contribution < 1.29 is 19.0 Å². The van der Waals surface area contributed by atoms with Crippen LogP contribution in [-0.4, -0.2) is 32.4 Å². The molecule has 6 heteroatoms. The molecule has 17 heavy (non-hydrogen) atoms. The van der Waals surface area contributed by atoms with E-state index in [1.807, 2.05) is 0 Å². The van der Waals surface area contributed by atoms with Gasteiger partial charge in [-0.3, -0.25) is 4.79 Å². The Morgan fingerprint density at radius 3 is 3.00 bits per heavy atom. The summed E-state index contributed by atoms with van der Waals surface area (Å²) in [5.41, 5.74) is 5.18. The fourth-order valence-corrected chi connectivity index (χ4v) is 1.45. The molecule has 0 aliphatic carbocycles. The summed E-state index contributed by atoms with van der Waals surface area (Å²) >= 11 is 0. The summed E-state index contributed by atoms with van der Waals surface area (Å²) in [6, 6.07) is 4.72. The third-order valence-corrected chi connectivity index (χ3v) is 2.45. The van der Waals surface area contributed by atoms with Crippen LogP contribution in [0, 0.1) is 0 Å². The molecule has 1 atom stereocenters. The summed E-state index contributed by atoms with van der Waals surface area (Å²) in [6.45, 7) is 0.394. The van der Waals surface area contributed by atoms with E-state index in [-0.39, 0.29) is 13.4 Å². The highest BCUT2D eigenvalue weighted by Gasteiger charge is 2.16. The van der Waals surface area contributed by atoms with E-state index in [2.05, 4.69) is 5.32 Å². The van der Waals surface area contributed by atoms with Gasteiger partial charge in [0.1, 0.15) is 18.4 Å². The number of rotatable bonds is 5. The molecule has 6 nitrogen and oxygen atoms in total. The number of hydrogen-bond acceptors (Lipinski definition) is 5. The maximum atomic E-state index is 11.0. The highest BCUT2D eigenvalue weighted by atomic mass is 16.7. The normalized spacial score (nSPS) is 14.4. The lowest BCUT2D eigenvalue weighted by Gasteiger charge is -2.13. The number of carbonyl (C=O) groups excluding carboxylic acids is 1. The van der Waals surface area contributed by atoms with Gasteiger partial charge in [-0.1, -0.05) is 0 Å². The first-order valence-corrected chi connectivity index (χ1v) is 5.19. The SMILES string of the molecule is CNC(COc1ccc2c(c1)OCO2)C(N)=O. The molecular formula is C11H14N2O4. The molecular weight excluding hydrogens is 224 g/mol. The number of primary amides is 1. The number of ether oxygens (including phenoxy) is 3. The average molecular weight is 238 g/mol. The van der Waals surface area contributed by atoms with Gasteiger partial charge in [0.05, 0.1) is 0 Å². The van der Waals surface area contributed by atoms with Crippen molar-refractivity contribution in [1.82, 2.24) is 5.32 Å². The molecule has 0 bridgehead atoms. The quantitative estimate of drug-likeness (QED) is 0.746. The lowest BCUT2D eigenvalue weighted by molar-refractivity contribution is -0.120. The van der Waals surface area contributed by atoms with Crippen molar-refractivity contribution in [1.29, 1.82) is 0 Å². The van der Waals surface area contributed by atoms with E-state index in [0.717, 1.165) is 0 Å². The van der Waals surface area contributed by atoms with Gasteiger partial charge in [-0.2, -0.15) is 0 Å². The van der Waals surface area contributed by atoms with Crippen molar-refractivity contribution in [2.45, 2.75) is 6.04 Å². The summed E-state index contributed by atoms with van der Waals surface area (Å²) in [6.07, 6.45) is 0. The van der Waals surface area contributed by atoms with Crippen molar-refractivity contribution in [3.05, 3.63) is 18.2 Å². The smallest absolute Gasteiger partial charge is 0.238 e. The predicted octanol–water partition coefficient (Wildman–Crippen LogP) is -0.133. The minimum absolute atomic E-state index is 0.172. The zero-order chi connectivity index (χ0) is 12.3. The molecule has 0 radical (unpaired) electrons. The number of carbonyl (C=O) groups is 1. The number of fused-ring (bicyclic) bond motifs is 1. The zero-order valence-electron chi connectivity index (χ0n) is 9.43. The monoisotopic (exact) mass is 238 g/mol. The van der Waals surface area contributed by atoms with Gasteiger partial charge < -0.3 is 25.3 Å². The van der Waals surface area contributed by atoms with Gasteiger partial charge in [-0.25, -0.2) is 0 Å². The molecule has 3 N–H and O–H groups in total. The van der Waals surface area contributed by atoms with Crippen LogP contribution in [0.4, 0.5) is 0 Å². The molecule has 0 saturated heterocycles. The van der Waals surface area contributed by atoms with Crippen molar-refractivity contribution in [2.75, 3.05) is 20.4 Å². The maximum absolute atomic E-state index is 11.0. The number of nitrogens with two attached hydrogens (primary N) is 1. The Kier molecular flexibility index (Phi) is 3.34. The summed E-state index contributed by atoms with van der Waals surface area (Å²) in [4.78, 5) is 11.0. The minimum Gasteiger partial charge on any atom is -0.491 e. The van der Waals surface area contributed by atoms with Crippen LogP contribution in [0.25, 0.3) is 0 Å². The van der Waals surface area contributed by atoms with Gasteiger partial charge in [-0.15, -0.1) is 0 Å². The second kappa shape index (κ2) is 4.92. The number of amides is 1. The van der Waals surface area contributed by atoms with Crippen LogP contribution >= 0.6 is 0 Å². The van der Waals surface area contributed by atoms with Gasteiger partial charge in [0.2, 0.25) is 12.7 Å². The third kappa shape index (κ3) is 2.59. The summed E-state index contributed by atoms with van der Waals surface area (Å²) < 4.78 is 15.8. The molecule has 1 amide bonds. The van der Waals surface area contributed by atoms with Crippen LogP contribution in [0.3, 0.4) is 0 Å². The van der Waals surface area contributed by atoms with Crippen LogP contribution < -0.4 is 25.3 Å². The van der Waals surface area contributed by atoms with Crippen LogP contribution in [0.5, 0.6) is 17.2 Å². The molecule has 92 valence electrons. The Morgan fingerprint density at radius 2 is 2.29 bits per heavy atom. The largest absolute Gasteiger partial charge is 0.491 e. The minimum atomic E-state index is -0.513. The third-order valence-electron chi connectivity index (χ3n) is 2.45. The first kappa shape index (κ1) is 11.5. The molecule has 1 aromatic carbocycles. The van der Waals surface area contributed by atoms with Crippen LogP contribution in [0.1, 0.15) is 0 Å². The summed E-state index contributed by atoms with van der Waals surface area (Å²) in [7, 11) is 1.65.